The van der Waals surface area contributed by atoms with Gasteiger partial charge >= 0.3 is 0 Å². The summed E-state index contributed by atoms with van der Waals surface area (Å²) in [4.78, 5) is 0. The maximum atomic E-state index is 5.93. The van der Waals surface area contributed by atoms with Crippen molar-refractivity contribution < 1.29 is 0 Å². The SMILES string of the molecule is Cc1cccc(NC(C)(C)C)c1N. The monoisotopic (exact) mass is 178 g/mol. The number of benzene rings is 1. The summed E-state index contributed by atoms with van der Waals surface area (Å²) in [7, 11) is 0. The maximum absolute atomic E-state index is 5.93. The first-order valence-electron chi connectivity index (χ1n) is 4.53. The van der Waals surface area contributed by atoms with E-state index in [-0.39, 0.29) is 5.54 Å². The number of nitrogen functional groups attached to an aromatic ring is 1. The van der Waals surface area contributed by atoms with Crippen LogP contribution >= 0.6 is 0 Å². The van der Waals surface area contributed by atoms with Gasteiger partial charge in [0.05, 0.1) is 11.4 Å². The molecule has 0 aliphatic carbocycles. The van der Waals surface area contributed by atoms with E-state index < -0.39 is 0 Å². The molecule has 0 unspecified atom stereocenters. The normalized spacial score (nSPS) is 11.4. The number of rotatable bonds is 1. The fourth-order valence-electron chi connectivity index (χ4n) is 1.19. The van der Waals surface area contributed by atoms with Gasteiger partial charge in [-0.15, -0.1) is 0 Å². The Kier molecular flexibility index (Phi) is 2.50. The molecule has 0 atom stereocenters. The number of hydrogen-bond donors (Lipinski definition) is 2. The van der Waals surface area contributed by atoms with E-state index in [1.54, 1.807) is 0 Å². The third-order valence-electron chi connectivity index (χ3n) is 1.83. The van der Waals surface area contributed by atoms with Gasteiger partial charge in [0.15, 0.2) is 0 Å². The van der Waals surface area contributed by atoms with E-state index in [1.165, 1.54) is 0 Å². The van der Waals surface area contributed by atoms with Crippen molar-refractivity contribution in [2.75, 3.05) is 11.1 Å². The summed E-state index contributed by atoms with van der Waals surface area (Å²) < 4.78 is 0. The van der Waals surface area contributed by atoms with Gasteiger partial charge in [-0.2, -0.15) is 0 Å². The first-order chi connectivity index (χ1) is 5.90. The van der Waals surface area contributed by atoms with Crippen LogP contribution in [-0.2, 0) is 0 Å². The minimum absolute atomic E-state index is 0.0575. The molecule has 0 spiro atoms. The Morgan fingerprint density at radius 2 is 1.85 bits per heavy atom. The Bertz CT molecular complexity index is 297. The highest BCUT2D eigenvalue weighted by molar-refractivity contribution is 5.70. The summed E-state index contributed by atoms with van der Waals surface area (Å²) in [6.07, 6.45) is 0. The lowest BCUT2D eigenvalue weighted by Crippen LogP contribution is -2.26. The van der Waals surface area contributed by atoms with E-state index in [9.17, 15) is 0 Å². The highest BCUT2D eigenvalue weighted by atomic mass is 15.0. The van der Waals surface area contributed by atoms with E-state index in [4.69, 9.17) is 5.73 Å². The zero-order valence-corrected chi connectivity index (χ0v) is 8.81. The second-order valence-electron chi connectivity index (χ2n) is 4.41. The van der Waals surface area contributed by atoms with Crippen LogP contribution < -0.4 is 11.1 Å². The van der Waals surface area contributed by atoms with E-state index >= 15 is 0 Å². The Balaban J connectivity index is 2.96. The fraction of sp³-hybridized carbons (Fsp3) is 0.455. The minimum Gasteiger partial charge on any atom is -0.397 e. The third-order valence-corrected chi connectivity index (χ3v) is 1.83. The van der Waals surface area contributed by atoms with Gasteiger partial charge in [0.25, 0.3) is 0 Å². The third kappa shape index (κ3) is 2.65. The Hall–Kier alpha value is -1.18. The predicted molar refractivity (Wildman–Crippen MR) is 59.0 cm³/mol. The van der Waals surface area contributed by atoms with Gasteiger partial charge in [-0.1, -0.05) is 12.1 Å². The summed E-state index contributed by atoms with van der Waals surface area (Å²) in [5.41, 5.74) is 8.97. The predicted octanol–water partition coefficient (Wildman–Crippen LogP) is 2.79. The molecule has 0 radical (unpaired) electrons. The molecule has 0 bridgehead atoms. The molecule has 0 saturated carbocycles. The van der Waals surface area contributed by atoms with Crippen molar-refractivity contribution in [3.05, 3.63) is 23.8 Å². The van der Waals surface area contributed by atoms with E-state index in [1.807, 2.05) is 25.1 Å². The molecule has 0 saturated heterocycles. The summed E-state index contributed by atoms with van der Waals surface area (Å²) in [6, 6.07) is 6.04. The lowest BCUT2D eigenvalue weighted by atomic mass is 10.1. The van der Waals surface area contributed by atoms with Gasteiger partial charge in [0.1, 0.15) is 0 Å². The van der Waals surface area contributed by atoms with Crippen LogP contribution in [0.3, 0.4) is 0 Å². The second kappa shape index (κ2) is 3.29. The fourth-order valence-corrected chi connectivity index (χ4v) is 1.19. The summed E-state index contributed by atoms with van der Waals surface area (Å²) >= 11 is 0. The van der Waals surface area contributed by atoms with Crippen LogP contribution in [0.1, 0.15) is 26.3 Å². The summed E-state index contributed by atoms with van der Waals surface area (Å²) in [5.74, 6) is 0. The molecular formula is C11H18N2. The van der Waals surface area contributed by atoms with Crippen molar-refractivity contribution in [1.29, 1.82) is 0 Å². The van der Waals surface area contributed by atoms with Crippen LogP contribution in [0.2, 0.25) is 0 Å². The lowest BCUT2D eigenvalue weighted by molar-refractivity contribution is 0.634. The van der Waals surface area contributed by atoms with Crippen LogP contribution in [0, 0.1) is 6.92 Å². The van der Waals surface area contributed by atoms with Gasteiger partial charge in [0, 0.05) is 5.54 Å². The number of nitrogens with one attached hydrogen (secondary N) is 1. The van der Waals surface area contributed by atoms with Crippen LogP contribution in [0.15, 0.2) is 18.2 Å². The van der Waals surface area contributed by atoms with Crippen LogP contribution in [-0.4, -0.2) is 5.54 Å². The van der Waals surface area contributed by atoms with Crippen molar-refractivity contribution in [1.82, 2.24) is 0 Å². The van der Waals surface area contributed by atoms with E-state index in [2.05, 4.69) is 26.1 Å². The largest absolute Gasteiger partial charge is 0.397 e. The average Bonchev–Trinajstić information content (AvgIpc) is 1.96. The number of aryl methyl sites for hydroxylation is 1. The molecule has 72 valence electrons. The topological polar surface area (TPSA) is 38.0 Å². The van der Waals surface area contributed by atoms with Crippen LogP contribution in [0.5, 0.6) is 0 Å². The second-order valence-corrected chi connectivity index (χ2v) is 4.41. The zero-order chi connectivity index (χ0) is 10.1. The van der Waals surface area contributed by atoms with Gasteiger partial charge < -0.3 is 11.1 Å². The van der Waals surface area contributed by atoms with Crippen molar-refractivity contribution in [2.24, 2.45) is 0 Å². The molecular weight excluding hydrogens is 160 g/mol. The molecule has 2 nitrogen and oxygen atoms in total. The molecule has 0 aromatic heterocycles. The molecule has 2 heteroatoms. The number of hydrogen-bond acceptors (Lipinski definition) is 2. The standard InChI is InChI=1S/C11H18N2/c1-8-6-5-7-9(10(8)12)13-11(2,3)4/h5-7,13H,12H2,1-4H3. The smallest absolute Gasteiger partial charge is 0.0580 e. The molecule has 3 N–H and O–H groups in total. The van der Waals surface area contributed by atoms with E-state index in [0.29, 0.717) is 0 Å². The Labute approximate surface area is 80.1 Å². The summed E-state index contributed by atoms with van der Waals surface area (Å²) in [6.45, 7) is 8.38. The van der Waals surface area contributed by atoms with Crippen molar-refractivity contribution >= 4 is 11.4 Å². The molecule has 0 heterocycles. The average molecular weight is 178 g/mol. The molecule has 1 rings (SSSR count). The minimum atomic E-state index is 0.0575. The first kappa shape index (κ1) is 9.90. The lowest BCUT2D eigenvalue weighted by Gasteiger charge is -2.23. The maximum Gasteiger partial charge on any atom is 0.0580 e. The number of anilines is 2. The molecule has 0 fully saturated rings. The molecule has 0 aliphatic rings. The highest BCUT2D eigenvalue weighted by Gasteiger charge is 2.11. The van der Waals surface area contributed by atoms with Crippen LogP contribution in [0.25, 0.3) is 0 Å². The van der Waals surface area contributed by atoms with E-state index in [0.717, 1.165) is 16.9 Å². The van der Waals surface area contributed by atoms with Gasteiger partial charge in [-0.25, -0.2) is 0 Å². The quantitative estimate of drug-likeness (QED) is 0.649. The Morgan fingerprint density at radius 1 is 1.23 bits per heavy atom. The first-order valence-corrected chi connectivity index (χ1v) is 4.53. The van der Waals surface area contributed by atoms with Crippen molar-refractivity contribution in [3.63, 3.8) is 0 Å². The van der Waals surface area contributed by atoms with Gasteiger partial charge in [-0.05, 0) is 39.3 Å². The molecule has 0 amide bonds. The number of nitrogens with two attached hydrogens (primary N) is 1. The van der Waals surface area contributed by atoms with Gasteiger partial charge in [-0.3, -0.25) is 0 Å². The van der Waals surface area contributed by atoms with Crippen molar-refractivity contribution in [2.45, 2.75) is 33.2 Å². The molecule has 13 heavy (non-hydrogen) atoms. The molecule has 1 aromatic carbocycles. The molecule has 1 aromatic rings. The molecule has 0 aliphatic heterocycles. The highest BCUT2D eigenvalue weighted by Crippen LogP contribution is 2.24. The number of para-hydroxylation sites is 1. The Morgan fingerprint density at radius 3 is 2.38 bits per heavy atom. The van der Waals surface area contributed by atoms with Crippen molar-refractivity contribution in [3.8, 4) is 0 Å². The van der Waals surface area contributed by atoms with Gasteiger partial charge in [0.2, 0.25) is 0 Å². The summed E-state index contributed by atoms with van der Waals surface area (Å²) in [5, 5.41) is 3.37. The zero-order valence-electron chi connectivity index (χ0n) is 8.81. The van der Waals surface area contributed by atoms with Crippen LogP contribution in [0.4, 0.5) is 11.4 Å².